The van der Waals surface area contributed by atoms with Crippen molar-refractivity contribution in [2.24, 2.45) is 0 Å². The highest BCUT2D eigenvalue weighted by Crippen LogP contribution is 2.34. The fraction of sp³-hybridized carbons (Fsp3) is 0.188. The van der Waals surface area contributed by atoms with Gasteiger partial charge in [0.1, 0.15) is 13.2 Å². The molecule has 24 heavy (non-hydrogen) atoms. The lowest BCUT2D eigenvalue weighted by Gasteiger charge is -2.19. The van der Waals surface area contributed by atoms with Crippen molar-refractivity contribution >= 4 is 11.6 Å². The molecule has 5 nitrogen and oxygen atoms in total. The third kappa shape index (κ3) is 3.37. The Morgan fingerprint density at radius 1 is 1.00 bits per heavy atom. The van der Waals surface area contributed by atoms with Crippen LogP contribution in [0.1, 0.15) is 15.9 Å². The van der Waals surface area contributed by atoms with Crippen molar-refractivity contribution < 1.29 is 27.4 Å². The number of alkyl halides is 3. The lowest BCUT2D eigenvalue weighted by atomic mass is 10.1. The number of fused-ring (bicyclic) bond motifs is 1. The molecule has 126 valence electrons. The number of halogens is 3. The molecule has 0 bridgehead atoms. The van der Waals surface area contributed by atoms with Crippen molar-refractivity contribution in [2.75, 3.05) is 18.6 Å². The molecule has 2 N–H and O–H groups in total. The first kappa shape index (κ1) is 16.0. The summed E-state index contributed by atoms with van der Waals surface area (Å²) in [6, 6.07) is 9.42. The Morgan fingerprint density at radius 2 is 1.71 bits per heavy atom. The number of hydrazine groups is 1. The van der Waals surface area contributed by atoms with Gasteiger partial charge in [0, 0.05) is 5.56 Å². The van der Waals surface area contributed by atoms with Crippen LogP contribution in [0.15, 0.2) is 42.5 Å². The van der Waals surface area contributed by atoms with E-state index in [2.05, 4.69) is 10.9 Å². The first-order chi connectivity index (χ1) is 11.4. The van der Waals surface area contributed by atoms with Gasteiger partial charge in [0.05, 0.1) is 11.3 Å². The zero-order chi connectivity index (χ0) is 17.2. The van der Waals surface area contributed by atoms with E-state index >= 15 is 0 Å². The molecule has 2 aromatic carbocycles. The molecule has 0 atom stereocenters. The summed E-state index contributed by atoms with van der Waals surface area (Å²) in [5, 5.41) is 0. The van der Waals surface area contributed by atoms with Gasteiger partial charge in [-0.15, -0.1) is 0 Å². The van der Waals surface area contributed by atoms with Gasteiger partial charge in [-0.1, -0.05) is 12.1 Å². The largest absolute Gasteiger partial charge is 0.486 e. The first-order valence-corrected chi connectivity index (χ1v) is 7.07. The summed E-state index contributed by atoms with van der Waals surface area (Å²) in [5.74, 6) is 0.349. The van der Waals surface area contributed by atoms with E-state index in [1.54, 1.807) is 6.07 Å². The summed E-state index contributed by atoms with van der Waals surface area (Å²) < 4.78 is 49.4. The predicted octanol–water partition coefficient (Wildman–Crippen LogP) is 3.23. The summed E-state index contributed by atoms with van der Waals surface area (Å²) in [7, 11) is 0. The minimum Gasteiger partial charge on any atom is -0.486 e. The number of carbonyl (C=O) groups excluding carboxylic acids is 1. The number of anilines is 1. The van der Waals surface area contributed by atoms with Crippen LogP contribution in [0.4, 0.5) is 18.9 Å². The van der Waals surface area contributed by atoms with Gasteiger partial charge in [-0.25, -0.2) is 0 Å². The number of hydrogen-bond donors (Lipinski definition) is 2. The zero-order valence-electron chi connectivity index (χ0n) is 12.3. The van der Waals surface area contributed by atoms with E-state index < -0.39 is 17.6 Å². The van der Waals surface area contributed by atoms with Crippen LogP contribution in [0.3, 0.4) is 0 Å². The maximum atomic E-state index is 12.9. The van der Waals surface area contributed by atoms with E-state index in [-0.39, 0.29) is 11.3 Å². The minimum atomic E-state index is -4.52. The molecular formula is C16H13F3N2O3. The molecule has 0 aliphatic carbocycles. The fourth-order valence-corrected chi connectivity index (χ4v) is 2.22. The predicted molar refractivity (Wildman–Crippen MR) is 80.0 cm³/mol. The van der Waals surface area contributed by atoms with Crippen molar-refractivity contribution in [1.82, 2.24) is 5.43 Å². The van der Waals surface area contributed by atoms with Crippen LogP contribution in [0.25, 0.3) is 0 Å². The van der Waals surface area contributed by atoms with Crippen LogP contribution in [0.2, 0.25) is 0 Å². The highest BCUT2D eigenvalue weighted by molar-refractivity contribution is 5.95. The first-order valence-electron chi connectivity index (χ1n) is 7.07. The van der Waals surface area contributed by atoms with Crippen LogP contribution in [0.5, 0.6) is 11.5 Å². The van der Waals surface area contributed by atoms with Crippen LogP contribution in [-0.4, -0.2) is 19.1 Å². The van der Waals surface area contributed by atoms with Gasteiger partial charge in [0.2, 0.25) is 0 Å². The molecule has 0 aromatic heterocycles. The van der Waals surface area contributed by atoms with E-state index in [0.29, 0.717) is 24.7 Å². The molecule has 0 radical (unpaired) electrons. The smallest absolute Gasteiger partial charge is 0.418 e. The van der Waals surface area contributed by atoms with Crippen LogP contribution < -0.4 is 20.3 Å². The van der Waals surface area contributed by atoms with E-state index in [0.717, 1.165) is 6.07 Å². The van der Waals surface area contributed by atoms with Gasteiger partial charge in [-0.3, -0.25) is 15.6 Å². The van der Waals surface area contributed by atoms with Crippen molar-refractivity contribution in [2.45, 2.75) is 6.18 Å². The number of ether oxygens (including phenoxy) is 2. The Hall–Kier alpha value is -2.90. The third-order valence-corrected chi connectivity index (χ3v) is 3.35. The van der Waals surface area contributed by atoms with Gasteiger partial charge >= 0.3 is 6.18 Å². The highest BCUT2D eigenvalue weighted by Gasteiger charge is 2.33. The summed E-state index contributed by atoms with van der Waals surface area (Å²) >= 11 is 0. The Kier molecular flexibility index (Phi) is 4.20. The second-order valence-electron chi connectivity index (χ2n) is 4.98. The second kappa shape index (κ2) is 6.31. The molecule has 0 unspecified atom stereocenters. The SMILES string of the molecule is O=C(NNc1ccccc1C(F)(F)F)c1ccc2c(c1)OCCO2. The molecule has 1 heterocycles. The van der Waals surface area contributed by atoms with Crippen LogP contribution >= 0.6 is 0 Å². The normalized spacial score (nSPS) is 13.3. The van der Waals surface area contributed by atoms with Gasteiger partial charge in [0.15, 0.2) is 11.5 Å². The van der Waals surface area contributed by atoms with Crippen molar-refractivity contribution in [3.05, 3.63) is 53.6 Å². The summed E-state index contributed by atoms with van der Waals surface area (Å²) in [6.45, 7) is 0.795. The van der Waals surface area contributed by atoms with Gasteiger partial charge in [-0.05, 0) is 30.3 Å². The molecule has 1 amide bonds. The zero-order valence-corrected chi connectivity index (χ0v) is 12.3. The minimum absolute atomic E-state index is 0.233. The molecule has 2 aromatic rings. The number of rotatable bonds is 3. The number of amides is 1. The molecule has 0 spiro atoms. The maximum Gasteiger partial charge on any atom is 0.418 e. The lowest BCUT2D eigenvalue weighted by molar-refractivity contribution is -0.137. The topological polar surface area (TPSA) is 59.6 Å². The Balaban J connectivity index is 1.73. The van der Waals surface area contributed by atoms with Gasteiger partial charge in [0.25, 0.3) is 5.91 Å². The van der Waals surface area contributed by atoms with Crippen molar-refractivity contribution in [1.29, 1.82) is 0 Å². The van der Waals surface area contributed by atoms with Crippen molar-refractivity contribution in [3.63, 3.8) is 0 Å². The van der Waals surface area contributed by atoms with E-state index in [1.807, 2.05) is 0 Å². The number of para-hydroxylation sites is 1. The molecule has 0 saturated heterocycles. The number of nitrogens with one attached hydrogen (secondary N) is 2. The highest BCUT2D eigenvalue weighted by atomic mass is 19.4. The second-order valence-corrected chi connectivity index (χ2v) is 4.98. The number of hydrogen-bond acceptors (Lipinski definition) is 4. The Morgan fingerprint density at radius 3 is 2.46 bits per heavy atom. The maximum absolute atomic E-state index is 12.9. The summed E-state index contributed by atoms with van der Waals surface area (Å²) in [5.41, 5.74) is 3.68. The van der Waals surface area contributed by atoms with E-state index in [4.69, 9.17) is 9.47 Å². The summed E-state index contributed by atoms with van der Waals surface area (Å²) in [4.78, 5) is 12.1. The monoisotopic (exact) mass is 338 g/mol. The Bertz CT molecular complexity index is 762. The standard InChI is InChI=1S/C16H13F3N2O3/c17-16(18,19)11-3-1-2-4-12(11)20-21-15(22)10-5-6-13-14(9-10)24-8-7-23-13/h1-6,9,20H,7-8H2,(H,21,22). The van der Waals surface area contributed by atoms with E-state index in [1.165, 1.54) is 30.3 Å². The molecule has 1 aliphatic rings. The average Bonchev–Trinajstić information content (AvgIpc) is 2.58. The van der Waals surface area contributed by atoms with Crippen LogP contribution in [-0.2, 0) is 6.18 Å². The average molecular weight is 338 g/mol. The van der Waals surface area contributed by atoms with Crippen LogP contribution in [0, 0.1) is 0 Å². The third-order valence-electron chi connectivity index (χ3n) is 3.35. The summed E-state index contributed by atoms with van der Waals surface area (Å²) in [6.07, 6.45) is -4.52. The molecule has 0 fully saturated rings. The fourth-order valence-electron chi connectivity index (χ4n) is 2.22. The molecule has 0 saturated carbocycles. The number of benzene rings is 2. The Labute approximate surface area is 135 Å². The van der Waals surface area contributed by atoms with Crippen molar-refractivity contribution in [3.8, 4) is 11.5 Å². The quantitative estimate of drug-likeness (QED) is 0.844. The molecular weight excluding hydrogens is 325 g/mol. The molecule has 8 heteroatoms. The van der Waals surface area contributed by atoms with Gasteiger partial charge in [-0.2, -0.15) is 13.2 Å². The number of carbonyl (C=O) groups is 1. The molecule has 3 rings (SSSR count). The molecule has 1 aliphatic heterocycles. The van der Waals surface area contributed by atoms with Gasteiger partial charge < -0.3 is 9.47 Å². The lowest BCUT2D eigenvalue weighted by Crippen LogP contribution is -2.30. The van der Waals surface area contributed by atoms with E-state index in [9.17, 15) is 18.0 Å².